The molecule has 0 spiro atoms. The molecule has 7 nitrogen and oxygen atoms in total. The van der Waals surface area contributed by atoms with E-state index in [4.69, 9.17) is 0 Å². The van der Waals surface area contributed by atoms with Gasteiger partial charge < -0.3 is 4.13 Å². The van der Waals surface area contributed by atoms with Crippen LogP contribution >= 0.6 is 0 Å². The average Bonchev–Trinajstić information content (AvgIpc) is 2.93. The first kappa shape index (κ1) is 27.4. The molecule has 1 aromatic rings. The second-order valence-corrected chi connectivity index (χ2v) is 9.15. The number of nitrogens with zero attached hydrogens (tertiary/aromatic N) is 3. The van der Waals surface area contributed by atoms with Crippen molar-refractivity contribution in [3.8, 4) is 0 Å². The molecule has 0 saturated heterocycles. The molecule has 0 radical (unpaired) electrons. The highest BCUT2D eigenvalue weighted by Crippen LogP contribution is 2.36. The summed E-state index contributed by atoms with van der Waals surface area (Å²) in [7, 11) is -11.4. The zero-order valence-corrected chi connectivity index (χ0v) is 17.0. The minimum atomic E-state index is -6.72. The Bertz CT molecular complexity index is 803. The van der Waals surface area contributed by atoms with Crippen molar-refractivity contribution in [1.82, 2.24) is 4.57 Å². The number of hydrogen-bond acceptors (Lipinski definition) is 4. The number of allylic oxidation sites excluding steroid dienone is 1. The fraction of sp³-hybridized carbons (Fsp3) is 0.643. The van der Waals surface area contributed by atoms with Gasteiger partial charge in [-0.25, -0.2) is 26.0 Å². The molecular weight excluding hydrogens is 452 g/mol. The van der Waals surface area contributed by atoms with E-state index in [1.165, 1.54) is 32.1 Å². The van der Waals surface area contributed by atoms with Crippen LogP contribution in [0.3, 0.4) is 0 Å². The SMILES string of the molecule is C=CCCCCCCn1cc[n+](C)c1.O=S(=O)([N-]S(=O)(=O)C(F)(F)F)C(F)(F)F. The third-order valence-electron chi connectivity index (χ3n) is 3.18. The number of rotatable bonds is 9. The summed E-state index contributed by atoms with van der Waals surface area (Å²) in [6, 6.07) is 0. The van der Waals surface area contributed by atoms with Crippen LogP contribution in [0.25, 0.3) is 4.13 Å². The van der Waals surface area contributed by atoms with Crippen LogP contribution in [0, 0.1) is 0 Å². The number of unbranched alkanes of at least 4 members (excludes halogenated alkanes) is 4. The summed E-state index contributed by atoms with van der Waals surface area (Å²) < 4.78 is 114. The van der Waals surface area contributed by atoms with Crippen molar-refractivity contribution in [3.05, 3.63) is 35.5 Å². The number of aromatic nitrogens is 2. The van der Waals surface area contributed by atoms with Gasteiger partial charge in [0, 0.05) is 0 Å². The molecule has 1 rings (SSSR count). The molecule has 0 fully saturated rings. The van der Waals surface area contributed by atoms with Crippen molar-refractivity contribution < 1.29 is 47.7 Å². The Morgan fingerprint density at radius 2 is 1.45 bits per heavy atom. The van der Waals surface area contributed by atoms with Crippen LogP contribution in [-0.4, -0.2) is 32.4 Å². The maximum atomic E-state index is 11.4. The second-order valence-electron chi connectivity index (χ2n) is 5.72. The highest BCUT2D eigenvalue weighted by molar-refractivity contribution is 8.13. The zero-order chi connectivity index (χ0) is 22.9. The number of imidazole rings is 1. The summed E-state index contributed by atoms with van der Waals surface area (Å²) >= 11 is 0. The monoisotopic (exact) mass is 473 g/mol. The van der Waals surface area contributed by atoms with Crippen molar-refractivity contribution in [1.29, 1.82) is 0 Å². The van der Waals surface area contributed by atoms with Gasteiger partial charge in [0.1, 0.15) is 12.4 Å². The molecule has 0 unspecified atom stereocenters. The number of aryl methyl sites for hydroxylation is 2. The fourth-order valence-corrected chi connectivity index (χ4v) is 3.49. The summed E-state index contributed by atoms with van der Waals surface area (Å²) in [5.41, 5.74) is -12.4. The van der Waals surface area contributed by atoms with E-state index < -0.39 is 31.1 Å². The van der Waals surface area contributed by atoms with Gasteiger partial charge in [0.15, 0.2) is 20.0 Å². The number of sulfonamides is 2. The van der Waals surface area contributed by atoms with Gasteiger partial charge in [0.25, 0.3) is 0 Å². The van der Waals surface area contributed by atoms with Crippen molar-refractivity contribution in [2.45, 2.75) is 49.7 Å². The van der Waals surface area contributed by atoms with Gasteiger partial charge in [-0.3, -0.25) is 0 Å². The summed E-state index contributed by atoms with van der Waals surface area (Å²) in [5.74, 6) is 0. The Morgan fingerprint density at radius 3 is 1.83 bits per heavy atom. The maximum Gasteiger partial charge on any atom is 0.480 e. The highest BCUT2D eigenvalue weighted by atomic mass is 32.3. The van der Waals surface area contributed by atoms with E-state index in [0.29, 0.717) is 0 Å². The molecule has 0 amide bonds. The van der Waals surface area contributed by atoms with Crippen LogP contribution in [-0.2, 0) is 33.6 Å². The Morgan fingerprint density at radius 1 is 0.966 bits per heavy atom. The molecule has 1 aromatic heterocycles. The summed E-state index contributed by atoms with van der Waals surface area (Å²) in [6.07, 6.45) is 14.7. The van der Waals surface area contributed by atoms with E-state index in [0.717, 1.165) is 10.7 Å². The lowest BCUT2D eigenvalue weighted by molar-refractivity contribution is -0.671. The first-order chi connectivity index (χ1) is 13.0. The van der Waals surface area contributed by atoms with E-state index >= 15 is 0 Å². The third kappa shape index (κ3) is 10.1. The molecule has 0 saturated carbocycles. The van der Waals surface area contributed by atoms with Crippen LogP contribution in [0.15, 0.2) is 31.4 Å². The van der Waals surface area contributed by atoms with Crippen molar-refractivity contribution in [2.75, 3.05) is 0 Å². The first-order valence-electron chi connectivity index (χ1n) is 8.02. The lowest BCUT2D eigenvalue weighted by Gasteiger charge is -2.22. The molecular formula is C14H21F6N3O4S2. The third-order valence-corrected chi connectivity index (χ3v) is 5.92. The van der Waals surface area contributed by atoms with Gasteiger partial charge in [-0.2, -0.15) is 26.3 Å². The van der Waals surface area contributed by atoms with Crippen molar-refractivity contribution in [2.24, 2.45) is 7.05 Å². The minimum Gasteiger partial charge on any atom is -0.421 e. The summed E-state index contributed by atoms with van der Waals surface area (Å²) in [5, 5.41) is 0. The average molecular weight is 473 g/mol. The van der Waals surface area contributed by atoms with Gasteiger partial charge >= 0.3 is 11.0 Å². The molecule has 15 heteroatoms. The van der Waals surface area contributed by atoms with Crippen molar-refractivity contribution >= 4 is 20.0 Å². The zero-order valence-electron chi connectivity index (χ0n) is 15.3. The molecule has 0 atom stereocenters. The number of hydrogen-bond donors (Lipinski definition) is 0. The molecule has 0 N–H and O–H groups in total. The predicted molar refractivity (Wildman–Crippen MR) is 92.2 cm³/mol. The second kappa shape index (κ2) is 11.0. The lowest BCUT2D eigenvalue weighted by atomic mass is 10.1. The quantitative estimate of drug-likeness (QED) is 0.238. The van der Waals surface area contributed by atoms with Gasteiger partial charge in [-0.1, -0.05) is 12.5 Å². The van der Waals surface area contributed by atoms with E-state index in [-0.39, 0.29) is 0 Å². The molecule has 0 bridgehead atoms. The van der Waals surface area contributed by atoms with Gasteiger partial charge in [-0.05, 0) is 25.7 Å². The minimum absolute atomic E-state index is 0.778. The van der Waals surface area contributed by atoms with E-state index in [9.17, 15) is 43.2 Å². The topological polar surface area (TPSA) is 91.2 Å². The van der Waals surface area contributed by atoms with E-state index in [1.54, 1.807) is 0 Å². The molecule has 0 aliphatic rings. The van der Waals surface area contributed by atoms with Crippen LogP contribution < -0.4 is 4.57 Å². The molecule has 0 aliphatic heterocycles. The van der Waals surface area contributed by atoms with Crippen LogP contribution in [0.4, 0.5) is 26.3 Å². The van der Waals surface area contributed by atoms with E-state index in [2.05, 4.69) is 41.5 Å². The summed E-state index contributed by atoms with van der Waals surface area (Å²) in [4.78, 5) is 0. The highest BCUT2D eigenvalue weighted by Gasteiger charge is 2.46. The fourth-order valence-electron chi connectivity index (χ4n) is 1.78. The van der Waals surface area contributed by atoms with E-state index in [1.807, 2.05) is 6.08 Å². The normalized spacial score (nSPS) is 12.9. The molecule has 0 aliphatic carbocycles. The summed E-state index contributed by atoms with van der Waals surface area (Å²) in [6.45, 7) is 4.87. The molecule has 29 heavy (non-hydrogen) atoms. The lowest BCUT2D eigenvalue weighted by Crippen LogP contribution is -2.30. The smallest absolute Gasteiger partial charge is 0.421 e. The molecule has 170 valence electrons. The van der Waals surface area contributed by atoms with Gasteiger partial charge in [-0.15, -0.1) is 6.58 Å². The molecule has 0 aromatic carbocycles. The Balaban J connectivity index is 0.000000541. The van der Waals surface area contributed by atoms with Crippen molar-refractivity contribution in [3.63, 3.8) is 0 Å². The Labute approximate surface area is 165 Å². The largest absolute Gasteiger partial charge is 0.480 e. The van der Waals surface area contributed by atoms with Crippen LogP contribution in [0.2, 0.25) is 0 Å². The van der Waals surface area contributed by atoms with Crippen LogP contribution in [0.1, 0.15) is 32.1 Å². The first-order valence-corrected chi connectivity index (χ1v) is 10.9. The standard InChI is InChI=1S/C12H21N2.C2F6NO4S2/c1-3-4-5-6-7-8-9-14-11-10-13(2)12-14;3-1(4,5)14(10,11)9-15(12,13)2(6,7)8/h3,10-12H,1,4-9H2,2H3;/q+1;-1. The van der Waals surface area contributed by atoms with Crippen LogP contribution in [0.5, 0.6) is 0 Å². The Hall–Kier alpha value is -1.61. The Kier molecular flexibility index (Phi) is 10.4. The molecule has 1 heterocycles. The number of alkyl halides is 6. The van der Waals surface area contributed by atoms with Gasteiger partial charge in [0.05, 0.1) is 13.6 Å². The van der Waals surface area contributed by atoms with Gasteiger partial charge in [0.2, 0.25) is 6.33 Å². The number of halogens is 6. The maximum absolute atomic E-state index is 11.4. The predicted octanol–water partition coefficient (Wildman–Crippen LogP) is 3.51.